The molecule has 0 saturated carbocycles. The van der Waals surface area contributed by atoms with Gasteiger partial charge in [0, 0.05) is 6.04 Å². The molecule has 0 radical (unpaired) electrons. The fourth-order valence-electron chi connectivity index (χ4n) is 2.88. The molecule has 15 heavy (non-hydrogen) atoms. The number of nitrogens with zero attached hydrogens (tertiary/aromatic N) is 1. The highest BCUT2D eigenvalue weighted by molar-refractivity contribution is 7.95. The molecular formula is C11H19NO2S. The summed E-state index contributed by atoms with van der Waals surface area (Å²) in [6.07, 6.45) is 5.07. The maximum absolute atomic E-state index is 12.2. The third-order valence-electron chi connectivity index (χ3n) is 4.04. The highest BCUT2D eigenvalue weighted by Gasteiger charge is 2.64. The molecule has 0 aromatic heterocycles. The third kappa shape index (κ3) is 1.24. The first-order valence-electron chi connectivity index (χ1n) is 5.36. The van der Waals surface area contributed by atoms with Gasteiger partial charge in [0.25, 0.3) is 0 Å². The Bertz CT molecular complexity index is 395. The topological polar surface area (TPSA) is 37.4 Å². The lowest BCUT2D eigenvalue weighted by Gasteiger charge is -2.55. The van der Waals surface area contributed by atoms with E-state index in [9.17, 15) is 8.42 Å². The van der Waals surface area contributed by atoms with E-state index < -0.39 is 14.6 Å². The van der Waals surface area contributed by atoms with Gasteiger partial charge in [-0.3, -0.25) is 0 Å². The van der Waals surface area contributed by atoms with Gasteiger partial charge in [-0.2, -0.15) is 0 Å². The van der Waals surface area contributed by atoms with E-state index in [1.165, 1.54) is 0 Å². The van der Waals surface area contributed by atoms with Crippen molar-refractivity contribution in [3.8, 4) is 0 Å². The van der Waals surface area contributed by atoms with Crippen molar-refractivity contribution in [3.05, 3.63) is 12.2 Å². The molecule has 86 valence electrons. The van der Waals surface area contributed by atoms with Crippen molar-refractivity contribution >= 4 is 9.84 Å². The van der Waals surface area contributed by atoms with Crippen LogP contribution in [0.2, 0.25) is 0 Å². The lowest BCUT2D eigenvalue weighted by atomic mass is 9.80. The Kier molecular flexibility index (Phi) is 2.29. The SMILES string of the molecule is CN(C)[C@@H]1C=CC[C@H]2[C@@H]1S(=O)(=O)C2(C)C. The molecule has 1 saturated heterocycles. The van der Waals surface area contributed by atoms with E-state index in [2.05, 4.69) is 6.08 Å². The summed E-state index contributed by atoms with van der Waals surface area (Å²) in [7, 11) is 0.938. The molecule has 0 aromatic rings. The number of hydrogen-bond acceptors (Lipinski definition) is 3. The molecule has 4 heteroatoms. The van der Waals surface area contributed by atoms with Crippen molar-refractivity contribution in [3.63, 3.8) is 0 Å². The van der Waals surface area contributed by atoms with Gasteiger partial charge in [0.2, 0.25) is 0 Å². The molecule has 0 spiro atoms. The number of hydrogen-bond donors (Lipinski definition) is 0. The molecule has 1 fully saturated rings. The molecule has 3 nitrogen and oxygen atoms in total. The largest absolute Gasteiger partial charge is 0.302 e. The van der Waals surface area contributed by atoms with Crippen LogP contribution < -0.4 is 0 Å². The minimum Gasteiger partial charge on any atom is -0.302 e. The van der Waals surface area contributed by atoms with Crippen LogP contribution in [0.25, 0.3) is 0 Å². The molecule has 1 aliphatic heterocycles. The minimum atomic E-state index is -2.95. The maximum Gasteiger partial charge on any atom is 0.160 e. The fourth-order valence-corrected chi connectivity index (χ4v) is 5.61. The zero-order valence-electron chi connectivity index (χ0n) is 9.77. The van der Waals surface area contributed by atoms with Crippen molar-refractivity contribution in [1.29, 1.82) is 0 Å². The molecule has 2 aliphatic rings. The highest BCUT2D eigenvalue weighted by atomic mass is 32.2. The summed E-state index contributed by atoms with van der Waals surface area (Å²) in [4.78, 5) is 2.00. The quantitative estimate of drug-likeness (QED) is 0.631. The Morgan fingerprint density at radius 3 is 2.47 bits per heavy atom. The van der Waals surface area contributed by atoms with Crippen LogP contribution in [0, 0.1) is 5.92 Å². The van der Waals surface area contributed by atoms with Crippen molar-refractivity contribution in [2.75, 3.05) is 14.1 Å². The van der Waals surface area contributed by atoms with Crippen molar-refractivity contribution in [2.24, 2.45) is 5.92 Å². The summed E-state index contributed by atoms with van der Waals surface area (Å²) >= 11 is 0. The number of fused-ring (bicyclic) bond motifs is 1. The summed E-state index contributed by atoms with van der Waals surface area (Å²) in [6.45, 7) is 3.71. The third-order valence-corrected chi connectivity index (χ3v) is 7.13. The first kappa shape index (κ1) is 11.1. The van der Waals surface area contributed by atoms with E-state index in [1.54, 1.807) is 0 Å². The zero-order valence-corrected chi connectivity index (χ0v) is 10.6. The van der Waals surface area contributed by atoms with Crippen LogP contribution in [-0.2, 0) is 9.84 Å². The van der Waals surface area contributed by atoms with Crippen LogP contribution in [0.1, 0.15) is 20.3 Å². The standard InChI is InChI=1S/C11H19NO2S/c1-11(2)8-6-5-7-9(12(3)4)10(8)15(11,13)14/h5,7-10H,6H2,1-4H3/t8-,9+,10-/m0/s1. The molecule has 1 aliphatic carbocycles. The Morgan fingerprint density at radius 2 is 1.93 bits per heavy atom. The smallest absolute Gasteiger partial charge is 0.160 e. The average molecular weight is 229 g/mol. The number of likely N-dealkylation sites (N-methyl/N-ethyl adjacent to an activating group) is 1. The van der Waals surface area contributed by atoms with Crippen LogP contribution in [0.3, 0.4) is 0 Å². The Labute approximate surface area is 92.1 Å². The van der Waals surface area contributed by atoms with Crippen LogP contribution in [-0.4, -0.2) is 43.5 Å². The number of sulfone groups is 1. The lowest BCUT2D eigenvalue weighted by molar-refractivity contribution is 0.214. The van der Waals surface area contributed by atoms with E-state index in [0.717, 1.165) is 6.42 Å². The van der Waals surface area contributed by atoms with E-state index in [4.69, 9.17) is 0 Å². The molecule has 0 bridgehead atoms. The number of rotatable bonds is 1. The Hall–Kier alpha value is -0.350. The van der Waals surface area contributed by atoms with E-state index in [1.807, 2.05) is 38.9 Å². The number of allylic oxidation sites excluding steroid dienone is 1. The van der Waals surface area contributed by atoms with Gasteiger partial charge in [-0.1, -0.05) is 12.2 Å². The first-order valence-corrected chi connectivity index (χ1v) is 6.91. The fraction of sp³-hybridized carbons (Fsp3) is 0.818. The predicted octanol–water partition coefficient (Wildman–Crippen LogP) is 1.07. The maximum atomic E-state index is 12.2. The van der Waals surface area contributed by atoms with Crippen molar-refractivity contribution < 1.29 is 8.42 Å². The molecule has 0 aromatic carbocycles. The first-order chi connectivity index (χ1) is 6.80. The second-order valence-electron chi connectivity index (χ2n) is 5.34. The molecule has 2 rings (SSSR count). The Morgan fingerprint density at radius 1 is 1.33 bits per heavy atom. The van der Waals surface area contributed by atoms with Gasteiger partial charge in [0.15, 0.2) is 9.84 Å². The normalized spacial score (nSPS) is 41.0. The summed E-state index contributed by atoms with van der Waals surface area (Å²) in [5.74, 6) is 0.292. The lowest BCUT2D eigenvalue weighted by Crippen LogP contribution is -2.68. The van der Waals surface area contributed by atoms with Gasteiger partial charge >= 0.3 is 0 Å². The van der Waals surface area contributed by atoms with Gasteiger partial charge in [0.1, 0.15) is 0 Å². The van der Waals surface area contributed by atoms with E-state index in [0.29, 0.717) is 5.92 Å². The minimum absolute atomic E-state index is 0.0572. The van der Waals surface area contributed by atoms with E-state index >= 15 is 0 Å². The van der Waals surface area contributed by atoms with Gasteiger partial charge < -0.3 is 4.90 Å². The summed E-state index contributed by atoms with van der Waals surface area (Å²) < 4.78 is 23.8. The zero-order chi connectivity index (χ0) is 11.4. The average Bonchev–Trinajstić information content (AvgIpc) is 2.16. The van der Waals surface area contributed by atoms with E-state index in [-0.39, 0.29) is 11.3 Å². The van der Waals surface area contributed by atoms with Crippen LogP contribution >= 0.6 is 0 Å². The van der Waals surface area contributed by atoms with Crippen molar-refractivity contribution in [1.82, 2.24) is 4.90 Å². The molecule has 0 unspecified atom stereocenters. The molecular weight excluding hydrogens is 210 g/mol. The van der Waals surface area contributed by atoms with Gasteiger partial charge in [-0.25, -0.2) is 8.42 Å². The van der Waals surface area contributed by atoms with Gasteiger partial charge in [-0.15, -0.1) is 0 Å². The molecule has 3 atom stereocenters. The predicted molar refractivity (Wildman–Crippen MR) is 61.5 cm³/mol. The monoisotopic (exact) mass is 229 g/mol. The highest BCUT2D eigenvalue weighted by Crippen LogP contribution is 2.51. The van der Waals surface area contributed by atoms with Gasteiger partial charge in [-0.05, 0) is 40.3 Å². The van der Waals surface area contributed by atoms with Crippen molar-refractivity contribution in [2.45, 2.75) is 36.3 Å². The molecule has 0 N–H and O–H groups in total. The van der Waals surface area contributed by atoms with Crippen LogP contribution in [0.5, 0.6) is 0 Å². The second-order valence-corrected chi connectivity index (χ2v) is 8.02. The second kappa shape index (κ2) is 3.08. The summed E-state index contributed by atoms with van der Waals surface area (Å²) in [5.41, 5.74) is 0. The summed E-state index contributed by atoms with van der Waals surface area (Å²) in [5, 5.41) is -0.188. The van der Waals surface area contributed by atoms with Crippen LogP contribution in [0.4, 0.5) is 0 Å². The molecule has 1 heterocycles. The molecule has 0 amide bonds. The van der Waals surface area contributed by atoms with Crippen LogP contribution in [0.15, 0.2) is 12.2 Å². The van der Waals surface area contributed by atoms with Gasteiger partial charge in [0.05, 0.1) is 10.00 Å². The summed E-state index contributed by atoms with van der Waals surface area (Å²) in [6, 6.07) is 0.0572. The Balaban J connectivity index is 2.40.